The van der Waals surface area contributed by atoms with Gasteiger partial charge in [-0.2, -0.15) is 0 Å². The van der Waals surface area contributed by atoms with Gasteiger partial charge in [0.05, 0.1) is 15.1 Å². The Kier molecular flexibility index (Phi) is 6.35. The smallest absolute Gasteiger partial charge is 0.0607 e. The average molecular weight is 368 g/mol. The molecule has 1 unspecified atom stereocenters. The minimum Gasteiger partial charge on any atom is -0.295 e. The van der Waals surface area contributed by atoms with Crippen molar-refractivity contribution in [1.82, 2.24) is 0 Å². The summed E-state index contributed by atoms with van der Waals surface area (Å²) in [6, 6.07) is 3.26. The molecule has 2 rings (SSSR count). The molecule has 0 heterocycles. The second-order valence-corrected chi connectivity index (χ2v) is 7.55. The number of thioether (sulfide) groups is 1. The quantitative estimate of drug-likeness (QED) is 0.207. The number of nitro groups is 1. The van der Waals surface area contributed by atoms with Gasteiger partial charge in [-0.1, -0.05) is 66.9 Å². The molecule has 1 saturated carbocycles. The Morgan fingerprint density at radius 1 is 1.14 bits per heavy atom. The zero-order valence-electron chi connectivity index (χ0n) is 11.2. The zero-order chi connectivity index (χ0) is 15.4. The average Bonchev–Trinajstić information content (AvgIpc) is 2.44. The van der Waals surface area contributed by atoms with Crippen molar-refractivity contribution in [1.29, 1.82) is 0 Å². The van der Waals surface area contributed by atoms with Gasteiger partial charge in [-0.15, -0.1) is 16.7 Å². The minimum atomic E-state index is -0.363. The standard InChI is InChI=1S/C14H15Cl3NO2S/c15-10-6-12(17)13(7-11(10)16)21-14(8-18(19)20)9-4-2-1-3-5-9/h6-9,14H,1-5H2/q-1. The highest BCUT2D eigenvalue weighted by atomic mass is 35.5. The fourth-order valence-corrected chi connectivity index (χ4v) is 4.59. The highest BCUT2D eigenvalue weighted by molar-refractivity contribution is 8.00. The van der Waals surface area contributed by atoms with Crippen LogP contribution >= 0.6 is 46.6 Å². The van der Waals surface area contributed by atoms with Gasteiger partial charge in [0.1, 0.15) is 0 Å². The molecule has 0 amide bonds. The number of benzene rings is 1. The molecule has 0 spiro atoms. The molecule has 7 heteroatoms. The SMILES string of the molecule is O=[N+]([O-])[CH-]C(Sc1cc(Cl)c(Cl)cc1Cl)C1CCCCC1. The van der Waals surface area contributed by atoms with Crippen LogP contribution in [0.3, 0.4) is 0 Å². The van der Waals surface area contributed by atoms with Crippen molar-refractivity contribution in [2.75, 3.05) is 0 Å². The van der Waals surface area contributed by atoms with E-state index in [-0.39, 0.29) is 10.2 Å². The normalized spacial score (nSPS) is 17.5. The maximum atomic E-state index is 10.9. The Bertz CT molecular complexity index is 521. The highest BCUT2D eigenvalue weighted by Gasteiger charge is 2.23. The van der Waals surface area contributed by atoms with Crippen molar-refractivity contribution in [2.45, 2.75) is 42.2 Å². The van der Waals surface area contributed by atoms with Crippen molar-refractivity contribution < 1.29 is 4.92 Å². The third kappa shape index (κ3) is 4.85. The number of halogens is 3. The van der Waals surface area contributed by atoms with Crippen LogP contribution in [0.1, 0.15) is 32.1 Å². The van der Waals surface area contributed by atoms with Crippen LogP contribution in [0.2, 0.25) is 15.1 Å². The molecular weight excluding hydrogens is 353 g/mol. The molecule has 0 N–H and O–H groups in total. The monoisotopic (exact) mass is 366 g/mol. The summed E-state index contributed by atoms with van der Waals surface area (Å²) in [5.41, 5.74) is 0. The van der Waals surface area contributed by atoms with Gasteiger partial charge in [0.25, 0.3) is 0 Å². The van der Waals surface area contributed by atoms with Crippen LogP contribution in [0.5, 0.6) is 0 Å². The summed E-state index contributed by atoms with van der Waals surface area (Å²) in [6.45, 7) is 1.18. The molecule has 21 heavy (non-hydrogen) atoms. The molecule has 1 atom stereocenters. The Balaban J connectivity index is 2.17. The largest absolute Gasteiger partial charge is 0.295 e. The van der Waals surface area contributed by atoms with Crippen molar-refractivity contribution in [3.63, 3.8) is 0 Å². The van der Waals surface area contributed by atoms with Gasteiger partial charge in [-0.3, -0.25) is 10.1 Å². The van der Waals surface area contributed by atoms with Crippen LogP contribution in [0.25, 0.3) is 0 Å². The third-order valence-electron chi connectivity index (χ3n) is 3.62. The van der Waals surface area contributed by atoms with Crippen molar-refractivity contribution in [2.24, 2.45) is 5.92 Å². The number of rotatable bonds is 5. The molecule has 3 nitrogen and oxygen atoms in total. The topological polar surface area (TPSA) is 43.1 Å². The Labute approximate surface area is 143 Å². The van der Waals surface area contributed by atoms with Gasteiger partial charge in [0.15, 0.2) is 0 Å². The molecule has 0 aliphatic heterocycles. The Morgan fingerprint density at radius 2 is 1.76 bits per heavy atom. The van der Waals surface area contributed by atoms with Crippen molar-refractivity contribution in [3.05, 3.63) is 43.9 Å². The molecule has 0 radical (unpaired) electrons. The van der Waals surface area contributed by atoms with E-state index in [1.165, 1.54) is 24.7 Å². The van der Waals surface area contributed by atoms with Crippen LogP contribution in [0.15, 0.2) is 17.0 Å². The minimum absolute atomic E-state index is 0.199. The first kappa shape index (κ1) is 17.1. The van der Waals surface area contributed by atoms with E-state index < -0.39 is 0 Å². The fourth-order valence-electron chi connectivity index (χ4n) is 2.57. The summed E-state index contributed by atoms with van der Waals surface area (Å²) in [4.78, 5) is 11.3. The number of nitrogens with zero attached hydrogens (tertiary/aromatic N) is 1. The third-order valence-corrected chi connectivity index (χ3v) is 6.14. The Hall–Kier alpha value is -0.290. The second-order valence-electron chi connectivity index (χ2n) is 5.11. The molecule has 0 bridgehead atoms. The van der Waals surface area contributed by atoms with Crippen LogP contribution in [0.4, 0.5) is 0 Å². The first-order chi connectivity index (χ1) is 9.97. The summed E-state index contributed by atoms with van der Waals surface area (Å²) >= 11 is 19.5. The van der Waals surface area contributed by atoms with E-state index in [1.807, 2.05) is 0 Å². The molecule has 0 aromatic heterocycles. The first-order valence-electron chi connectivity index (χ1n) is 6.77. The van der Waals surface area contributed by atoms with Crippen LogP contribution in [-0.2, 0) is 0 Å². The molecule has 116 valence electrons. The van der Waals surface area contributed by atoms with Crippen LogP contribution in [0, 0.1) is 22.6 Å². The Morgan fingerprint density at radius 3 is 2.38 bits per heavy atom. The zero-order valence-corrected chi connectivity index (χ0v) is 14.3. The summed E-state index contributed by atoms with van der Waals surface area (Å²) in [5, 5.41) is 12.0. The lowest BCUT2D eigenvalue weighted by Gasteiger charge is -2.32. The molecule has 1 aromatic carbocycles. The predicted molar refractivity (Wildman–Crippen MR) is 89.0 cm³/mol. The lowest BCUT2D eigenvalue weighted by Crippen LogP contribution is -2.23. The van der Waals surface area contributed by atoms with E-state index in [1.54, 1.807) is 12.1 Å². The fraction of sp³-hybridized carbons (Fsp3) is 0.500. The van der Waals surface area contributed by atoms with E-state index in [4.69, 9.17) is 34.8 Å². The van der Waals surface area contributed by atoms with Gasteiger partial charge in [-0.05, 0) is 29.8 Å². The van der Waals surface area contributed by atoms with Crippen molar-refractivity contribution >= 4 is 46.6 Å². The highest BCUT2D eigenvalue weighted by Crippen LogP contribution is 2.42. The maximum absolute atomic E-state index is 10.9. The molecule has 1 aliphatic rings. The van der Waals surface area contributed by atoms with E-state index in [9.17, 15) is 10.1 Å². The van der Waals surface area contributed by atoms with Gasteiger partial charge in [-0.25, -0.2) is 0 Å². The lowest BCUT2D eigenvalue weighted by molar-refractivity contribution is -0.437. The lowest BCUT2D eigenvalue weighted by atomic mass is 9.87. The summed E-state index contributed by atoms with van der Waals surface area (Å²) in [7, 11) is 0. The molecule has 0 saturated heterocycles. The molecular formula is C14H15Cl3NO2S-. The van der Waals surface area contributed by atoms with E-state index in [0.717, 1.165) is 30.6 Å². The molecule has 1 aromatic rings. The summed E-state index contributed by atoms with van der Waals surface area (Å²) in [6.07, 6.45) is 5.49. The maximum Gasteiger partial charge on any atom is 0.0607 e. The molecule has 1 fully saturated rings. The first-order valence-corrected chi connectivity index (χ1v) is 8.78. The van der Waals surface area contributed by atoms with Gasteiger partial charge >= 0.3 is 0 Å². The molecule has 1 aliphatic carbocycles. The van der Waals surface area contributed by atoms with Crippen molar-refractivity contribution in [3.8, 4) is 0 Å². The van der Waals surface area contributed by atoms with Gasteiger partial charge in [0.2, 0.25) is 0 Å². The van der Waals surface area contributed by atoms with Crippen LogP contribution < -0.4 is 0 Å². The summed E-state index contributed by atoms with van der Waals surface area (Å²) < 4.78 is 0. The predicted octanol–water partition coefficient (Wildman–Crippen LogP) is 6.13. The van der Waals surface area contributed by atoms with E-state index in [0.29, 0.717) is 21.0 Å². The second kappa shape index (κ2) is 7.82. The van der Waals surface area contributed by atoms with Crippen LogP contribution in [-0.4, -0.2) is 10.2 Å². The number of hydrogen-bond donors (Lipinski definition) is 0. The van der Waals surface area contributed by atoms with Gasteiger partial charge < -0.3 is 0 Å². The summed E-state index contributed by atoms with van der Waals surface area (Å²) in [5.74, 6) is 0.305. The number of hydrogen-bond acceptors (Lipinski definition) is 3. The van der Waals surface area contributed by atoms with Gasteiger partial charge in [0, 0.05) is 4.90 Å². The van der Waals surface area contributed by atoms with E-state index in [2.05, 4.69) is 0 Å². The van der Waals surface area contributed by atoms with E-state index >= 15 is 0 Å².